The molecule has 3 aliphatic carbocycles. The van der Waals surface area contributed by atoms with Gasteiger partial charge in [-0.15, -0.1) is 0 Å². The summed E-state index contributed by atoms with van der Waals surface area (Å²) in [5.74, 6) is 5.36. The highest BCUT2D eigenvalue weighted by Crippen LogP contribution is 2.42. The Bertz CT molecular complexity index is 3850. The zero-order valence-corrected chi connectivity index (χ0v) is 37.0. The lowest BCUT2D eigenvalue weighted by Gasteiger charge is -2.16. The Labute approximate surface area is 391 Å². The number of hydrogen-bond donors (Lipinski definition) is 0. The summed E-state index contributed by atoms with van der Waals surface area (Å²) in [5, 5.41) is 4.45. The zero-order valence-electron chi connectivity index (χ0n) is 37.0. The highest BCUT2D eigenvalue weighted by molar-refractivity contribution is 6.26. The van der Waals surface area contributed by atoms with Gasteiger partial charge in [0.15, 0.2) is 29.1 Å². The van der Waals surface area contributed by atoms with Gasteiger partial charge in [-0.1, -0.05) is 146 Å². The molecule has 10 heteroatoms. The molecule has 324 valence electrons. The first-order chi connectivity index (χ1) is 33.7. The van der Waals surface area contributed by atoms with Gasteiger partial charge < -0.3 is 0 Å². The van der Waals surface area contributed by atoms with Crippen molar-refractivity contribution in [3.63, 3.8) is 0 Å². The lowest BCUT2D eigenvalue weighted by Crippen LogP contribution is -2.10. The fourth-order valence-corrected chi connectivity index (χ4v) is 9.83. The van der Waals surface area contributed by atoms with Crippen LogP contribution in [0.2, 0.25) is 0 Å². The molecule has 6 aromatic heterocycles. The molecule has 0 saturated carbocycles. The second kappa shape index (κ2) is 16.6. The molecule has 6 heterocycles. The van der Waals surface area contributed by atoms with Crippen molar-refractivity contribution >= 4 is 54.8 Å². The van der Waals surface area contributed by atoms with E-state index in [2.05, 4.69) is 149 Å². The summed E-state index contributed by atoms with van der Waals surface area (Å²) in [6, 6.07) is 43.9. The maximum Gasteiger partial charge on any atom is 0.182 e. The molecule has 0 saturated heterocycles. The third-order valence-corrected chi connectivity index (χ3v) is 13.0. The van der Waals surface area contributed by atoms with Crippen LogP contribution in [0.3, 0.4) is 0 Å². The number of benzene rings is 4. The van der Waals surface area contributed by atoms with Gasteiger partial charge >= 0.3 is 0 Å². The van der Waals surface area contributed by atoms with Crippen LogP contribution in [0.15, 0.2) is 188 Å². The molecule has 10 nitrogen and oxygen atoms in total. The molecule has 0 spiro atoms. The molecule has 1 unspecified atom stereocenters. The van der Waals surface area contributed by atoms with Gasteiger partial charge in [0.25, 0.3) is 0 Å². The molecule has 10 aromatic rings. The number of fused-ring (bicyclic) bond motifs is 7. The average Bonchev–Trinajstić information content (AvgIpc) is 3.95. The van der Waals surface area contributed by atoms with E-state index in [1.165, 1.54) is 0 Å². The van der Waals surface area contributed by atoms with Crippen LogP contribution in [0, 0.1) is 0 Å². The molecule has 1 atom stereocenters. The molecule has 0 bridgehead atoms. The molecule has 0 radical (unpaired) electrons. The summed E-state index contributed by atoms with van der Waals surface area (Å²) >= 11 is 0. The van der Waals surface area contributed by atoms with E-state index in [1.54, 1.807) is 0 Å². The maximum absolute atomic E-state index is 5.40. The summed E-state index contributed by atoms with van der Waals surface area (Å²) in [6.07, 6.45) is 26.0. The van der Waals surface area contributed by atoms with Crippen LogP contribution in [0.25, 0.3) is 101 Å². The first-order valence-electron chi connectivity index (χ1n) is 23.3. The van der Waals surface area contributed by atoms with Crippen LogP contribution in [0.1, 0.15) is 55.5 Å². The molecule has 13 rings (SSSR count). The van der Waals surface area contributed by atoms with Crippen molar-refractivity contribution in [3.05, 3.63) is 206 Å². The van der Waals surface area contributed by atoms with E-state index in [9.17, 15) is 0 Å². The minimum atomic E-state index is 0.0585. The number of pyridine rings is 2. The second-order valence-corrected chi connectivity index (χ2v) is 17.3. The molecule has 4 aromatic carbocycles. The van der Waals surface area contributed by atoms with Crippen LogP contribution >= 0.6 is 0 Å². The first kappa shape index (κ1) is 39.6. The fourth-order valence-electron chi connectivity index (χ4n) is 9.83. The van der Waals surface area contributed by atoms with Gasteiger partial charge in [0.05, 0.1) is 22.1 Å². The lowest BCUT2D eigenvalue weighted by atomic mass is 9.99. The minimum Gasteiger partial charge on any atom is -0.294 e. The van der Waals surface area contributed by atoms with Crippen LogP contribution in [-0.2, 0) is 0 Å². The number of rotatable bonds is 8. The van der Waals surface area contributed by atoms with E-state index in [0.717, 1.165) is 110 Å². The summed E-state index contributed by atoms with van der Waals surface area (Å²) in [6.45, 7) is 0. The van der Waals surface area contributed by atoms with Gasteiger partial charge in [0, 0.05) is 38.6 Å². The van der Waals surface area contributed by atoms with Gasteiger partial charge in [-0.05, 0) is 80.1 Å². The molecule has 0 fully saturated rings. The Morgan fingerprint density at radius 3 is 1.93 bits per heavy atom. The standard InChI is InChI=1S/C58H42N10/c1-5-19-37(20-6-1)53-61-54(38-21-7-2-8-22-38)64-57(63-53)44-29-17-33-49(59-44)67-47-32-16-14-28-43(47)51-48(67)36-35-42-41-27-13-15-31-46(41)68(52(42)51)50-34-18-30-45(60-50)58-65-55(39-23-9-3-10-24-39)62-56(66-58)40-25-11-4-12-26-40/h1-3,5-7,9-11,13-19,21,23-37H,4,8,12,20,22H2. The van der Waals surface area contributed by atoms with Gasteiger partial charge in [-0.2, -0.15) is 0 Å². The molecule has 68 heavy (non-hydrogen) atoms. The Morgan fingerprint density at radius 2 is 1.16 bits per heavy atom. The normalized spacial score (nSPS) is 15.7. The van der Waals surface area contributed by atoms with Crippen molar-refractivity contribution in [1.82, 2.24) is 49.0 Å². The first-order valence-corrected chi connectivity index (χ1v) is 23.3. The van der Waals surface area contributed by atoms with Crippen molar-refractivity contribution in [2.45, 2.75) is 38.0 Å². The SMILES string of the molecule is C1=CCCC(c2nc(-c3cccc(-n4c5ccccc5c5c4ccc4c6ccccc6n(-c6cccc(-c7nc(C8=CCCC=C8)nc(-c8ccccc8)n7)n6)c45)n3)nc(C3C=CC=CC3)n2)=C1. The average molecular weight is 879 g/mol. The van der Waals surface area contributed by atoms with Gasteiger partial charge in [-0.3, -0.25) is 9.13 Å². The van der Waals surface area contributed by atoms with E-state index >= 15 is 0 Å². The minimum absolute atomic E-state index is 0.0585. The highest BCUT2D eigenvalue weighted by atomic mass is 15.1. The summed E-state index contributed by atoms with van der Waals surface area (Å²) < 4.78 is 4.55. The van der Waals surface area contributed by atoms with E-state index in [-0.39, 0.29) is 5.92 Å². The van der Waals surface area contributed by atoms with E-state index in [0.29, 0.717) is 40.5 Å². The molecule has 3 aliphatic rings. The molecule has 0 amide bonds. The second-order valence-electron chi connectivity index (χ2n) is 17.3. The van der Waals surface area contributed by atoms with Gasteiger partial charge in [-0.25, -0.2) is 39.9 Å². The summed E-state index contributed by atoms with van der Waals surface area (Å²) in [4.78, 5) is 41.1. The predicted molar refractivity (Wildman–Crippen MR) is 272 cm³/mol. The summed E-state index contributed by atoms with van der Waals surface area (Å²) in [5.41, 5.74) is 8.50. The fraction of sp³-hybridized carbons (Fsp3) is 0.103. The third kappa shape index (κ3) is 6.88. The van der Waals surface area contributed by atoms with E-state index in [1.807, 2.05) is 48.5 Å². The van der Waals surface area contributed by atoms with Crippen molar-refractivity contribution < 1.29 is 0 Å². The Morgan fingerprint density at radius 1 is 0.456 bits per heavy atom. The Kier molecular flexibility index (Phi) is 9.66. The van der Waals surface area contributed by atoms with Crippen molar-refractivity contribution in [2.24, 2.45) is 0 Å². The quantitative estimate of drug-likeness (QED) is 0.148. The Balaban J connectivity index is 0.996. The lowest BCUT2D eigenvalue weighted by molar-refractivity contribution is 0.753. The number of para-hydroxylation sites is 2. The van der Waals surface area contributed by atoms with Gasteiger partial charge in [0.2, 0.25) is 0 Å². The molecular formula is C58H42N10. The van der Waals surface area contributed by atoms with Crippen molar-refractivity contribution in [3.8, 4) is 46.1 Å². The highest BCUT2D eigenvalue weighted by Gasteiger charge is 2.24. The predicted octanol–water partition coefficient (Wildman–Crippen LogP) is 13.1. The molecule has 0 aliphatic heterocycles. The smallest absolute Gasteiger partial charge is 0.182 e. The van der Waals surface area contributed by atoms with Crippen molar-refractivity contribution in [1.29, 1.82) is 0 Å². The molecule has 0 N–H and O–H groups in total. The van der Waals surface area contributed by atoms with Crippen LogP contribution in [0.5, 0.6) is 0 Å². The third-order valence-electron chi connectivity index (χ3n) is 13.0. The number of allylic oxidation sites excluding steroid dienone is 12. The van der Waals surface area contributed by atoms with Crippen LogP contribution < -0.4 is 0 Å². The van der Waals surface area contributed by atoms with Crippen LogP contribution in [-0.4, -0.2) is 49.0 Å². The monoisotopic (exact) mass is 878 g/mol. The largest absolute Gasteiger partial charge is 0.294 e. The van der Waals surface area contributed by atoms with E-state index in [4.69, 9.17) is 39.9 Å². The number of hydrogen-bond acceptors (Lipinski definition) is 8. The molecular weight excluding hydrogens is 837 g/mol. The van der Waals surface area contributed by atoms with Crippen molar-refractivity contribution in [2.75, 3.05) is 0 Å². The van der Waals surface area contributed by atoms with E-state index < -0.39 is 0 Å². The zero-order chi connectivity index (χ0) is 45.0. The summed E-state index contributed by atoms with van der Waals surface area (Å²) in [7, 11) is 0. The Hall–Kier alpha value is -8.76. The topological polar surface area (TPSA) is 113 Å². The number of nitrogens with zero attached hydrogens (tertiary/aromatic N) is 10. The number of aromatic nitrogens is 10. The maximum atomic E-state index is 5.40. The van der Waals surface area contributed by atoms with Gasteiger partial charge in [0.1, 0.15) is 28.8 Å². The van der Waals surface area contributed by atoms with Crippen LogP contribution in [0.4, 0.5) is 0 Å².